The van der Waals surface area contributed by atoms with E-state index in [4.69, 9.17) is 17.3 Å². The number of likely N-dealkylation sites (tertiary alicyclic amines) is 1. The topological polar surface area (TPSA) is 46.3 Å². The number of rotatable bonds is 3. The maximum atomic E-state index is 12.5. The van der Waals surface area contributed by atoms with Crippen LogP contribution in [0.2, 0.25) is 5.02 Å². The smallest absolute Gasteiger partial charge is 0.223 e. The molecule has 21 heavy (non-hydrogen) atoms. The maximum Gasteiger partial charge on any atom is 0.223 e. The number of halogens is 2. The van der Waals surface area contributed by atoms with Gasteiger partial charge in [-0.15, -0.1) is 0 Å². The molecule has 3 nitrogen and oxygen atoms in total. The summed E-state index contributed by atoms with van der Waals surface area (Å²) < 4.78 is 0.843. The second kappa shape index (κ2) is 7.12. The number of hydrogen-bond donors (Lipinski definition) is 1. The van der Waals surface area contributed by atoms with Crippen molar-refractivity contribution in [2.45, 2.75) is 45.2 Å². The molecular formula is C16H22BrClN2O. The first-order valence-corrected chi connectivity index (χ1v) is 8.57. The Morgan fingerprint density at radius 2 is 2.19 bits per heavy atom. The van der Waals surface area contributed by atoms with Crippen LogP contribution in [0, 0.1) is 5.92 Å². The fourth-order valence-corrected chi connectivity index (χ4v) is 3.42. The SMILES string of the molecule is CC(C)CN1C(=O)CCCC(N)C1c1ccc(Cl)c(Br)c1. The number of benzene rings is 1. The predicted molar refractivity (Wildman–Crippen MR) is 90.3 cm³/mol. The highest BCUT2D eigenvalue weighted by molar-refractivity contribution is 9.10. The Balaban J connectivity index is 2.40. The number of carbonyl (C=O) groups excluding carboxylic acids is 1. The van der Waals surface area contributed by atoms with Crippen molar-refractivity contribution in [3.05, 3.63) is 33.3 Å². The lowest BCUT2D eigenvalue weighted by molar-refractivity contribution is -0.133. The van der Waals surface area contributed by atoms with Crippen LogP contribution in [0.5, 0.6) is 0 Å². The third-order valence-corrected chi connectivity index (χ3v) is 5.05. The van der Waals surface area contributed by atoms with Gasteiger partial charge in [-0.1, -0.05) is 31.5 Å². The van der Waals surface area contributed by atoms with E-state index in [1.165, 1.54) is 0 Å². The van der Waals surface area contributed by atoms with Crippen LogP contribution in [0.1, 0.15) is 44.7 Å². The Bertz CT molecular complexity index is 521. The zero-order chi connectivity index (χ0) is 15.6. The summed E-state index contributed by atoms with van der Waals surface area (Å²) in [6, 6.07) is 5.71. The fourth-order valence-electron chi connectivity index (χ4n) is 2.91. The van der Waals surface area contributed by atoms with Gasteiger partial charge in [0.15, 0.2) is 0 Å². The summed E-state index contributed by atoms with van der Waals surface area (Å²) >= 11 is 9.54. The predicted octanol–water partition coefficient (Wildman–Crippen LogP) is 4.14. The minimum Gasteiger partial charge on any atom is -0.334 e. The van der Waals surface area contributed by atoms with Gasteiger partial charge in [-0.2, -0.15) is 0 Å². The van der Waals surface area contributed by atoms with Crippen molar-refractivity contribution in [2.75, 3.05) is 6.54 Å². The van der Waals surface area contributed by atoms with Gasteiger partial charge in [0.1, 0.15) is 0 Å². The lowest BCUT2D eigenvalue weighted by atomic mass is 9.95. The van der Waals surface area contributed by atoms with Crippen LogP contribution < -0.4 is 5.73 Å². The Hall–Kier alpha value is -0.580. The van der Waals surface area contributed by atoms with E-state index in [0.29, 0.717) is 17.4 Å². The van der Waals surface area contributed by atoms with Gasteiger partial charge in [-0.3, -0.25) is 4.79 Å². The number of nitrogens with zero attached hydrogens (tertiary/aromatic N) is 1. The van der Waals surface area contributed by atoms with E-state index in [1.807, 2.05) is 23.1 Å². The van der Waals surface area contributed by atoms with Crippen LogP contribution in [0.25, 0.3) is 0 Å². The van der Waals surface area contributed by atoms with Crippen LogP contribution in [-0.2, 0) is 4.79 Å². The highest BCUT2D eigenvalue weighted by Gasteiger charge is 2.33. The van der Waals surface area contributed by atoms with Gasteiger partial charge in [0.05, 0.1) is 11.1 Å². The van der Waals surface area contributed by atoms with Crippen LogP contribution in [-0.4, -0.2) is 23.4 Å². The monoisotopic (exact) mass is 372 g/mol. The number of nitrogens with two attached hydrogens (primary N) is 1. The molecule has 0 aromatic heterocycles. The molecule has 0 radical (unpaired) electrons. The van der Waals surface area contributed by atoms with E-state index in [0.717, 1.165) is 29.4 Å². The van der Waals surface area contributed by atoms with Crippen molar-refractivity contribution in [3.8, 4) is 0 Å². The van der Waals surface area contributed by atoms with Crippen LogP contribution in [0.15, 0.2) is 22.7 Å². The molecule has 116 valence electrons. The van der Waals surface area contributed by atoms with E-state index in [-0.39, 0.29) is 18.0 Å². The van der Waals surface area contributed by atoms with Crippen molar-refractivity contribution in [2.24, 2.45) is 11.7 Å². The molecule has 0 bridgehead atoms. The molecule has 0 aliphatic carbocycles. The molecule has 2 unspecified atom stereocenters. The van der Waals surface area contributed by atoms with E-state index in [1.54, 1.807) is 0 Å². The summed E-state index contributed by atoms with van der Waals surface area (Å²) in [4.78, 5) is 14.4. The first-order chi connectivity index (χ1) is 9.90. The third kappa shape index (κ3) is 3.99. The van der Waals surface area contributed by atoms with Gasteiger partial charge in [-0.25, -0.2) is 0 Å². The van der Waals surface area contributed by atoms with Crippen LogP contribution >= 0.6 is 27.5 Å². The molecule has 1 aromatic rings. The molecule has 0 spiro atoms. The zero-order valence-corrected chi connectivity index (χ0v) is 14.8. The van der Waals surface area contributed by atoms with Gasteiger partial charge in [0.25, 0.3) is 0 Å². The average molecular weight is 374 g/mol. The summed E-state index contributed by atoms with van der Waals surface area (Å²) in [6.07, 6.45) is 2.32. The van der Waals surface area contributed by atoms with Crippen molar-refractivity contribution in [3.63, 3.8) is 0 Å². The minimum atomic E-state index is -0.0732. The fraction of sp³-hybridized carbons (Fsp3) is 0.562. The number of carbonyl (C=O) groups is 1. The van der Waals surface area contributed by atoms with E-state index in [9.17, 15) is 4.79 Å². The number of hydrogen-bond acceptors (Lipinski definition) is 2. The van der Waals surface area contributed by atoms with Crippen molar-refractivity contribution < 1.29 is 4.79 Å². The molecule has 1 aliphatic rings. The van der Waals surface area contributed by atoms with Crippen LogP contribution in [0.3, 0.4) is 0 Å². The molecule has 2 N–H and O–H groups in total. The summed E-state index contributed by atoms with van der Waals surface area (Å²) in [5, 5.41) is 0.669. The normalized spacial score (nSPS) is 23.5. The molecule has 0 saturated carbocycles. The van der Waals surface area contributed by atoms with Crippen LogP contribution in [0.4, 0.5) is 0 Å². The lowest BCUT2D eigenvalue weighted by Crippen LogP contribution is -2.43. The first kappa shape index (κ1) is 16.8. The molecular weight excluding hydrogens is 352 g/mol. The zero-order valence-electron chi connectivity index (χ0n) is 12.5. The minimum absolute atomic E-state index is 0.0386. The standard InChI is InChI=1S/C16H22BrClN2O/c1-10(2)9-20-15(21)5-3-4-14(19)16(20)11-6-7-13(18)12(17)8-11/h6-8,10,14,16H,3-5,9,19H2,1-2H3. The van der Waals surface area contributed by atoms with Crippen molar-refractivity contribution >= 4 is 33.4 Å². The molecule has 1 fully saturated rings. The van der Waals surface area contributed by atoms with Gasteiger partial charge in [0.2, 0.25) is 5.91 Å². The molecule has 2 rings (SSSR count). The van der Waals surface area contributed by atoms with Gasteiger partial charge in [0, 0.05) is 23.5 Å². The highest BCUT2D eigenvalue weighted by atomic mass is 79.9. The Kier molecular flexibility index (Phi) is 5.69. The molecule has 1 aromatic carbocycles. The van der Waals surface area contributed by atoms with E-state index >= 15 is 0 Å². The summed E-state index contributed by atoms with van der Waals surface area (Å²) in [7, 11) is 0. The number of amides is 1. The summed E-state index contributed by atoms with van der Waals surface area (Å²) in [6.45, 7) is 4.98. The molecule has 5 heteroatoms. The average Bonchev–Trinajstić information content (AvgIpc) is 2.53. The Labute approximate surface area is 140 Å². The van der Waals surface area contributed by atoms with E-state index < -0.39 is 0 Å². The van der Waals surface area contributed by atoms with Crippen molar-refractivity contribution in [1.29, 1.82) is 0 Å². The summed E-state index contributed by atoms with van der Waals surface area (Å²) in [5.41, 5.74) is 7.44. The third-order valence-electron chi connectivity index (χ3n) is 3.84. The Morgan fingerprint density at radius 3 is 2.81 bits per heavy atom. The molecule has 2 atom stereocenters. The van der Waals surface area contributed by atoms with Gasteiger partial charge >= 0.3 is 0 Å². The maximum absolute atomic E-state index is 12.5. The van der Waals surface area contributed by atoms with Gasteiger partial charge < -0.3 is 10.6 Å². The molecule has 1 saturated heterocycles. The highest BCUT2D eigenvalue weighted by Crippen LogP contribution is 2.34. The van der Waals surface area contributed by atoms with E-state index in [2.05, 4.69) is 29.8 Å². The molecule has 1 heterocycles. The first-order valence-electron chi connectivity index (χ1n) is 7.40. The quantitative estimate of drug-likeness (QED) is 0.865. The second-order valence-corrected chi connectivity index (χ2v) is 7.38. The largest absolute Gasteiger partial charge is 0.334 e. The molecule has 1 aliphatic heterocycles. The Morgan fingerprint density at radius 1 is 1.48 bits per heavy atom. The summed E-state index contributed by atoms with van der Waals surface area (Å²) in [5.74, 6) is 0.616. The molecule has 1 amide bonds. The lowest BCUT2D eigenvalue weighted by Gasteiger charge is -2.35. The van der Waals surface area contributed by atoms with Gasteiger partial charge in [-0.05, 0) is 52.4 Å². The second-order valence-electron chi connectivity index (χ2n) is 6.11. The van der Waals surface area contributed by atoms with Crippen molar-refractivity contribution in [1.82, 2.24) is 4.90 Å².